The Morgan fingerprint density at radius 2 is 1.64 bits per heavy atom. The molecule has 1 aliphatic carbocycles. The van der Waals surface area contributed by atoms with Crippen LogP contribution in [-0.2, 0) is 14.3 Å². The smallest absolute Gasteiger partial charge is 0.228 e. The number of carbonyl (C=O) groups excluding carboxylic acids is 2. The maximum atomic E-state index is 13.4. The second-order valence-corrected chi connectivity index (χ2v) is 9.19. The Kier molecular flexibility index (Phi) is 6.89. The maximum Gasteiger partial charge on any atom is 0.228 e. The maximum absolute atomic E-state index is 13.4. The molecule has 158 valence electrons. The fourth-order valence-corrected chi connectivity index (χ4v) is 5.62. The summed E-state index contributed by atoms with van der Waals surface area (Å²) in [6, 6.07) is 0.680. The van der Waals surface area contributed by atoms with E-state index in [0.717, 1.165) is 65.1 Å². The number of likely N-dealkylation sites (tertiary alicyclic amines) is 2. The van der Waals surface area contributed by atoms with Crippen molar-refractivity contribution in [1.29, 1.82) is 0 Å². The number of rotatable bonds is 4. The van der Waals surface area contributed by atoms with Crippen LogP contribution in [0.15, 0.2) is 0 Å². The van der Waals surface area contributed by atoms with E-state index in [4.69, 9.17) is 4.74 Å². The molecule has 0 N–H and O–H groups in total. The molecule has 2 amide bonds. The average Bonchev–Trinajstić information content (AvgIpc) is 2.92. The van der Waals surface area contributed by atoms with Crippen molar-refractivity contribution >= 4 is 11.8 Å². The molecule has 0 bridgehead atoms. The SMILES string of the molecule is O=C1C[C@H](C(=O)N2CCCC[C@H]2CN2CCOCC2)CN1C1CCCCCC1. The molecule has 4 rings (SSSR count). The quantitative estimate of drug-likeness (QED) is 0.690. The molecule has 4 fully saturated rings. The summed E-state index contributed by atoms with van der Waals surface area (Å²) in [4.78, 5) is 32.8. The van der Waals surface area contributed by atoms with Gasteiger partial charge in [0.1, 0.15) is 0 Å². The fraction of sp³-hybridized carbons (Fsp3) is 0.909. The third-order valence-corrected chi connectivity index (χ3v) is 7.26. The number of ether oxygens (including phenoxy) is 1. The Morgan fingerprint density at radius 1 is 0.929 bits per heavy atom. The molecule has 6 nitrogen and oxygen atoms in total. The van der Waals surface area contributed by atoms with Crippen molar-refractivity contribution in [3.8, 4) is 0 Å². The first kappa shape index (κ1) is 20.1. The summed E-state index contributed by atoms with van der Waals surface area (Å²) in [5, 5.41) is 0. The second kappa shape index (κ2) is 9.57. The van der Waals surface area contributed by atoms with Gasteiger partial charge in [-0.05, 0) is 32.1 Å². The van der Waals surface area contributed by atoms with Crippen molar-refractivity contribution in [2.24, 2.45) is 5.92 Å². The lowest BCUT2D eigenvalue weighted by atomic mass is 9.98. The van der Waals surface area contributed by atoms with Crippen LogP contribution in [0.1, 0.15) is 64.2 Å². The van der Waals surface area contributed by atoms with E-state index in [1.54, 1.807) is 0 Å². The normalized spacial score (nSPS) is 31.2. The van der Waals surface area contributed by atoms with Gasteiger partial charge in [0, 0.05) is 51.2 Å². The molecule has 0 unspecified atom stereocenters. The van der Waals surface area contributed by atoms with Crippen molar-refractivity contribution in [2.75, 3.05) is 45.9 Å². The van der Waals surface area contributed by atoms with Crippen LogP contribution in [0.5, 0.6) is 0 Å². The lowest BCUT2D eigenvalue weighted by Crippen LogP contribution is -2.53. The standard InChI is InChI=1S/C22H37N3O3/c26-21-15-18(16-25(21)19-7-3-1-2-4-8-19)22(27)24-10-6-5-9-20(24)17-23-11-13-28-14-12-23/h18-20H,1-17H2/t18-,20-/m0/s1. The first-order valence-corrected chi connectivity index (χ1v) is 11.6. The van der Waals surface area contributed by atoms with E-state index in [9.17, 15) is 9.59 Å². The van der Waals surface area contributed by atoms with Crippen LogP contribution in [0.2, 0.25) is 0 Å². The molecule has 3 aliphatic heterocycles. The molecule has 0 aromatic carbocycles. The van der Waals surface area contributed by atoms with Crippen LogP contribution in [0.3, 0.4) is 0 Å². The van der Waals surface area contributed by atoms with Crippen molar-refractivity contribution < 1.29 is 14.3 Å². The van der Waals surface area contributed by atoms with Crippen molar-refractivity contribution in [3.63, 3.8) is 0 Å². The summed E-state index contributed by atoms with van der Waals surface area (Å²) in [5.41, 5.74) is 0. The molecule has 0 spiro atoms. The number of nitrogens with zero attached hydrogens (tertiary/aromatic N) is 3. The van der Waals surface area contributed by atoms with Crippen molar-refractivity contribution in [3.05, 3.63) is 0 Å². The Balaban J connectivity index is 1.37. The predicted molar refractivity (Wildman–Crippen MR) is 108 cm³/mol. The molecule has 2 atom stereocenters. The number of amides is 2. The minimum atomic E-state index is -0.124. The first-order valence-electron chi connectivity index (χ1n) is 11.6. The van der Waals surface area contributed by atoms with Gasteiger partial charge < -0.3 is 14.5 Å². The first-order chi connectivity index (χ1) is 13.7. The number of morpholine rings is 1. The van der Waals surface area contributed by atoms with E-state index in [1.165, 1.54) is 32.1 Å². The molecule has 28 heavy (non-hydrogen) atoms. The average molecular weight is 392 g/mol. The summed E-state index contributed by atoms with van der Waals surface area (Å²) in [6.45, 7) is 6.02. The summed E-state index contributed by atoms with van der Waals surface area (Å²) < 4.78 is 5.47. The molecule has 3 saturated heterocycles. The van der Waals surface area contributed by atoms with Crippen LogP contribution >= 0.6 is 0 Å². The van der Waals surface area contributed by atoms with Crippen LogP contribution in [-0.4, -0.2) is 84.5 Å². The zero-order valence-electron chi connectivity index (χ0n) is 17.3. The molecule has 0 aromatic rings. The molecule has 1 saturated carbocycles. The van der Waals surface area contributed by atoms with Gasteiger partial charge in [-0.1, -0.05) is 25.7 Å². The van der Waals surface area contributed by atoms with E-state index in [0.29, 0.717) is 25.0 Å². The van der Waals surface area contributed by atoms with Gasteiger partial charge in [0.25, 0.3) is 0 Å². The van der Waals surface area contributed by atoms with E-state index in [2.05, 4.69) is 14.7 Å². The Bertz CT molecular complexity index is 541. The minimum Gasteiger partial charge on any atom is -0.379 e. The van der Waals surface area contributed by atoms with Gasteiger partial charge in [-0.2, -0.15) is 0 Å². The zero-order chi connectivity index (χ0) is 19.3. The van der Waals surface area contributed by atoms with Crippen molar-refractivity contribution in [1.82, 2.24) is 14.7 Å². The van der Waals surface area contributed by atoms with Gasteiger partial charge in [0.05, 0.1) is 19.1 Å². The van der Waals surface area contributed by atoms with Crippen LogP contribution < -0.4 is 0 Å². The highest BCUT2D eigenvalue weighted by molar-refractivity contribution is 5.89. The van der Waals surface area contributed by atoms with Gasteiger partial charge in [-0.25, -0.2) is 0 Å². The van der Waals surface area contributed by atoms with Gasteiger partial charge in [0.15, 0.2) is 0 Å². The Labute approximate surface area is 169 Å². The van der Waals surface area contributed by atoms with Gasteiger partial charge in [-0.15, -0.1) is 0 Å². The number of hydrogen-bond acceptors (Lipinski definition) is 4. The third-order valence-electron chi connectivity index (χ3n) is 7.26. The highest BCUT2D eigenvalue weighted by Gasteiger charge is 2.41. The highest BCUT2D eigenvalue weighted by atomic mass is 16.5. The van der Waals surface area contributed by atoms with Crippen LogP contribution in [0.25, 0.3) is 0 Å². The van der Waals surface area contributed by atoms with Crippen molar-refractivity contribution in [2.45, 2.75) is 76.3 Å². The highest BCUT2D eigenvalue weighted by Crippen LogP contribution is 2.30. The largest absolute Gasteiger partial charge is 0.379 e. The van der Waals surface area contributed by atoms with E-state index in [1.807, 2.05) is 0 Å². The van der Waals surface area contributed by atoms with Gasteiger partial charge in [0.2, 0.25) is 11.8 Å². The third kappa shape index (κ3) is 4.70. The van der Waals surface area contributed by atoms with Crippen LogP contribution in [0.4, 0.5) is 0 Å². The minimum absolute atomic E-state index is 0.124. The molecular formula is C22H37N3O3. The van der Waals surface area contributed by atoms with E-state index >= 15 is 0 Å². The summed E-state index contributed by atoms with van der Waals surface area (Å²) in [7, 11) is 0. The van der Waals surface area contributed by atoms with Gasteiger partial charge >= 0.3 is 0 Å². The summed E-state index contributed by atoms with van der Waals surface area (Å²) >= 11 is 0. The predicted octanol–water partition coefficient (Wildman–Crippen LogP) is 2.27. The lowest BCUT2D eigenvalue weighted by Gasteiger charge is -2.40. The fourth-order valence-electron chi connectivity index (χ4n) is 5.62. The zero-order valence-corrected chi connectivity index (χ0v) is 17.3. The van der Waals surface area contributed by atoms with E-state index < -0.39 is 0 Å². The number of carbonyl (C=O) groups is 2. The molecule has 4 aliphatic rings. The molecular weight excluding hydrogens is 354 g/mol. The second-order valence-electron chi connectivity index (χ2n) is 9.19. The van der Waals surface area contributed by atoms with Gasteiger partial charge in [-0.3, -0.25) is 14.5 Å². The monoisotopic (exact) mass is 391 g/mol. The topological polar surface area (TPSA) is 53.1 Å². The van der Waals surface area contributed by atoms with E-state index in [-0.39, 0.29) is 17.7 Å². The Hall–Kier alpha value is -1.14. The molecule has 6 heteroatoms. The lowest BCUT2D eigenvalue weighted by molar-refractivity contribution is -0.140. The Morgan fingerprint density at radius 3 is 2.39 bits per heavy atom. The van der Waals surface area contributed by atoms with Crippen LogP contribution in [0, 0.1) is 5.92 Å². The molecule has 0 radical (unpaired) electrons. The summed E-state index contributed by atoms with van der Waals surface area (Å²) in [6.07, 6.45) is 11.1. The number of hydrogen-bond donors (Lipinski definition) is 0. The molecule has 0 aromatic heterocycles. The summed E-state index contributed by atoms with van der Waals surface area (Å²) in [5.74, 6) is 0.329. The number of piperidine rings is 1. The molecule has 3 heterocycles.